The summed E-state index contributed by atoms with van der Waals surface area (Å²) in [5.41, 5.74) is 5.25. The average molecular weight is 217 g/mol. The highest BCUT2D eigenvalue weighted by Gasteiger charge is 2.09. The summed E-state index contributed by atoms with van der Waals surface area (Å²) in [6.45, 7) is 4.60. The van der Waals surface area contributed by atoms with E-state index in [2.05, 4.69) is 37.0 Å². The second-order valence-corrected chi connectivity index (χ2v) is 4.25. The van der Waals surface area contributed by atoms with Crippen LogP contribution in [-0.4, -0.2) is 16.7 Å². The molecule has 0 radical (unpaired) electrons. The molecular formula is C14H19NO. The van der Waals surface area contributed by atoms with Gasteiger partial charge in [-0.05, 0) is 37.3 Å². The molecule has 2 rings (SSSR count). The number of aromatic amines is 1. The maximum absolute atomic E-state index is 8.88. The Bertz CT molecular complexity index is 485. The molecule has 16 heavy (non-hydrogen) atoms. The van der Waals surface area contributed by atoms with Crippen molar-refractivity contribution >= 4 is 10.9 Å². The number of nitrogens with one attached hydrogen (secondary N) is 1. The topological polar surface area (TPSA) is 36.0 Å². The Balaban J connectivity index is 2.49. The summed E-state index contributed by atoms with van der Waals surface area (Å²) in [4.78, 5) is 3.51. The van der Waals surface area contributed by atoms with Gasteiger partial charge in [0.1, 0.15) is 0 Å². The van der Waals surface area contributed by atoms with Crippen LogP contribution in [0, 0.1) is 6.92 Å². The third-order valence-corrected chi connectivity index (χ3v) is 3.25. The van der Waals surface area contributed by atoms with E-state index in [0.29, 0.717) is 0 Å². The molecule has 0 atom stereocenters. The number of hydrogen-bond donors (Lipinski definition) is 2. The van der Waals surface area contributed by atoms with Crippen molar-refractivity contribution in [1.29, 1.82) is 0 Å². The average Bonchev–Trinajstić information content (AvgIpc) is 2.64. The van der Waals surface area contributed by atoms with Gasteiger partial charge >= 0.3 is 0 Å². The van der Waals surface area contributed by atoms with Crippen LogP contribution in [0.15, 0.2) is 18.2 Å². The molecule has 0 saturated heterocycles. The minimum Gasteiger partial charge on any atom is -0.396 e. The number of rotatable bonds is 4. The fraction of sp³-hybridized carbons (Fsp3) is 0.429. The van der Waals surface area contributed by atoms with E-state index in [9.17, 15) is 0 Å². The first-order chi connectivity index (χ1) is 7.77. The molecule has 0 aliphatic carbocycles. The number of fused-ring (bicyclic) bond motifs is 1. The molecule has 1 aromatic heterocycles. The third kappa shape index (κ3) is 1.85. The van der Waals surface area contributed by atoms with E-state index in [0.717, 1.165) is 19.3 Å². The molecule has 2 aromatic rings. The smallest absolute Gasteiger partial charge is 0.0491 e. The van der Waals surface area contributed by atoms with Crippen LogP contribution in [-0.2, 0) is 12.8 Å². The highest BCUT2D eigenvalue weighted by atomic mass is 16.2. The second kappa shape index (κ2) is 4.71. The Morgan fingerprint density at radius 2 is 2.12 bits per heavy atom. The van der Waals surface area contributed by atoms with Gasteiger partial charge in [0, 0.05) is 23.2 Å². The van der Waals surface area contributed by atoms with Gasteiger partial charge in [0.25, 0.3) is 0 Å². The first-order valence-corrected chi connectivity index (χ1v) is 5.97. The van der Waals surface area contributed by atoms with Crippen LogP contribution in [0.4, 0.5) is 0 Å². The lowest BCUT2D eigenvalue weighted by Crippen LogP contribution is -1.91. The normalized spacial score (nSPS) is 11.2. The minimum absolute atomic E-state index is 0.259. The molecule has 0 unspecified atom stereocenters. The predicted molar refractivity (Wildman–Crippen MR) is 67.8 cm³/mol. The lowest BCUT2D eigenvalue weighted by Gasteiger charge is -1.98. The highest BCUT2D eigenvalue weighted by molar-refractivity contribution is 5.87. The van der Waals surface area contributed by atoms with Gasteiger partial charge in [-0.15, -0.1) is 0 Å². The number of aliphatic hydroxyl groups is 1. The fourth-order valence-corrected chi connectivity index (χ4v) is 2.27. The molecule has 0 amide bonds. The summed E-state index contributed by atoms with van der Waals surface area (Å²) in [7, 11) is 0. The van der Waals surface area contributed by atoms with Gasteiger partial charge in [0.05, 0.1) is 0 Å². The molecule has 0 bridgehead atoms. The van der Waals surface area contributed by atoms with E-state index in [-0.39, 0.29) is 6.61 Å². The molecule has 0 aliphatic heterocycles. The van der Waals surface area contributed by atoms with Crippen LogP contribution in [0.3, 0.4) is 0 Å². The van der Waals surface area contributed by atoms with Crippen molar-refractivity contribution in [2.45, 2.75) is 33.1 Å². The summed E-state index contributed by atoms with van der Waals surface area (Å²) >= 11 is 0. The zero-order valence-electron chi connectivity index (χ0n) is 10.0. The SMILES string of the molecule is CCc1cccc2c(C)c(CCCO)[nH]c12. The zero-order valence-corrected chi connectivity index (χ0v) is 10.0. The zero-order chi connectivity index (χ0) is 11.5. The van der Waals surface area contributed by atoms with Gasteiger partial charge in [0.15, 0.2) is 0 Å². The van der Waals surface area contributed by atoms with Crippen molar-refractivity contribution in [1.82, 2.24) is 4.98 Å². The van der Waals surface area contributed by atoms with E-state index in [4.69, 9.17) is 5.11 Å². The highest BCUT2D eigenvalue weighted by Crippen LogP contribution is 2.25. The van der Waals surface area contributed by atoms with Crippen molar-refractivity contribution < 1.29 is 5.11 Å². The standard InChI is InChI=1S/C14H19NO/c1-3-11-6-4-7-12-10(2)13(8-5-9-16)15-14(11)12/h4,6-7,15-16H,3,5,8-9H2,1-2H3. The molecule has 1 aromatic carbocycles. The van der Waals surface area contributed by atoms with Crippen molar-refractivity contribution in [3.63, 3.8) is 0 Å². The third-order valence-electron chi connectivity index (χ3n) is 3.25. The first-order valence-electron chi connectivity index (χ1n) is 5.97. The van der Waals surface area contributed by atoms with E-state index in [1.165, 1.54) is 27.7 Å². The Morgan fingerprint density at radius 1 is 1.31 bits per heavy atom. The number of H-pyrrole nitrogens is 1. The van der Waals surface area contributed by atoms with Crippen LogP contribution in [0.5, 0.6) is 0 Å². The monoisotopic (exact) mass is 217 g/mol. The quantitative estimate of drug-likeness (QED) is 0.811. The molecule has 0 fully saturated rings. The number of para-hydroxylation sites is 1. The van der Waals surface area contributed by atoms with E-state index < -0.39 is 0 Å². The molecule has 0 aliphatic rings. The van der Waals surface area contributed by atoms with Crippen LogP contribution >= 0.6 is 0 Å². The molecule has 2 heteroatoms. The van der Waals surface area contributed by atoms with Gasteiger partial charge in [0.2, 0.25) is 0 Å². The number of hydrogen-bond acceptors (Lipinski definition) is 1. The largest absolute Gasteiger partial charge is 0.396 e. The molecule has 0 saturated carbocycles. The van der Waals surface area contributed by atoms with Crippen LogP contribution in [0.2, 0.25) is 0 Å². The molecule has 1 heterocycles. The lowest BCUT2D eigenvalue weighted by molar-refractivity contribution is 0.288. The van der Waals surface area contributed by atoms with Crippen molar-refractivity contribution in [3.05, 3.63) is 35.0 Å². The first kappa shape index (κ1) is 11.2. The molecule has 2 N–H and O–H groups in total. The Kier molecular flexibility index (Phi) is 3.30. The summed E-state index contributed by atoms with van der Waals surface area (Å²) < 4.78 is 0. The van der Waals surface area contributed by atoms with Crippen molar-refractivity contribution in [3.8, 4) is 0 Å². The van der Waals surface area contributed by atoms with Crippen molar-refractivity contribution in [2.75, 3.05) is 6.61 Å². The van der Waals surface area contributed by atoms with Gasteiger partial charge in [-0.25, -0.2) is 0 Å². The Labute approximate surface area is 96.3 Å². The number of aryl methyl sites for hydroxylation is 3. The Morgan fingerprint density at radius 3 is 2.81 bits per heavy atom. The summed E-state index contributed by atoms with van der Waals surface area (Å²) in [5, 5.41) is 10.2. The van der Waals surface area contributed by atoms with Crippen molar-refractivity contribution in [2.24, 2.45) is 0 Å². The second-order valence-electron chi connectivity index (χ2n) is 4.25. The van der Waals surface area contributed by atoms with E-state index in [1.54, 1.807) is 0 Å². The Hall–Kier alpha value is -1.28. The summed E-state index contributed by atoms with van der Waals surface area (Å²) in [5.74, 6) is 0. The summed E-state index contributed by atoms with van der Waals surface area (Å²) in [6.07, 6.45) is 2.81. The van der Waals surface area contributed by atoms with E-state index >= 15 is 0 Å². The van der Waals surface area contributed by atoms with Gasteiger partial charge in [-0.3, -0.25) is 0 Å². The maximum Gasteiger partial charge on any atom is 0.0491 e. The van der Waals surface area contributed by atoms with Crippen LogP contribution in [0.25, 0.3) is 10.9 Å². The van der Waals surface area contributed by atoms with Gasteiger partial charge in [-0.1, -0.05) is 25.1 Å². The molecule has 86 valence electrons. The summed E-state index contributed by atoms with van der Waals surface area (Å²) in [6, 6.07) is 6.47. The molecule has 0 spiro atoms. The van der Waals surface area contributed by atoms with Gasteiger partial charge < -0.3 is 10.1 Å². The lowest BCUT2D eigenvalue weighted by atomic mass is 10.1. The molecular weight excluding hydrogens is 198 g/mol. The fourth-order valence-electron chi connectivity index (χ4n) is 2.27. The van der Waals surface area contributed by atoms with E-state index in [1.807, 2.05) is 0 Å². The number of benzene rings is 1. The number of aliphatic hydroxyl groups excluding tert-OH is 1. The van der Waals surface area contributed by atoms with Gasteiger partial charge in [-0.2, -0.15) is 0 Å². The van der Waals surface area contributed by atoms with Crippen LogP contribution in [0.1, 0.15) is 30.2 Å². The molecule has 2 nitrogen and oxygen atoms in total. The van der Waals surface area contributed by atoms with Crippen LogP contribution < -0.4 is 0 Å². The number of aromatic nitrogens is 1. The maximum atomic E-state index is 8.88. The minimum atomic E-state index is 0.259. The predicted octanol–water partition coefficient (Wildman–Crippen LogP) is 2.96.